The summed E-state index contributed by atoms with van der Waals surface area (Å²) in [5, 5.41) is 6.23. The molecule has 1 aromatic rings. The van der Waals surface area contributed by atoms with Crippen LogP contribution in [0.1, 0.15) is 31.2 Å². The predicted octanol–water partition coefficient (Wildman–Crippen LogP) is 2.21. The Balaban J connectivity index is 0.00000208. The van der Waals surface area contributed by atoms with E-state index in [4.69, 9.17) is 0 Å². The molecule has 2 N–H and O–H groups in total. The van der Waals surface area contributed by atoms with E-state index in [2.05, 4.69) is 10.6 Å². The fraction of sp³-hybridized carbons (Fsp3) is 0.556. The molecule has 0 bridgehead atoms. The third kappa shape index (κ3) is 4.28. The van der Waals surface area contributed by atoms with E-state index < -0.39 is 0 Å². The molecule has 1 atom stereocenters. The molecule has 2 amide bonds. The van der Waals surface area contributed by atoms with Gasteiger partial charge in [-0.1, -0.05) is 18.2 Å². The lowest BCUT2D eigenvalue weighted by Crippen LogP contribution is -2.44. The van der Waals surface area contributed by atoms with E-state index >= 15 is 0 Å². The van der Waals surface area contributed by atoms with Gasteiger partial charge in [0.1, 0.15) is 0 Å². The minimum Gasteiger partial charge on any atom is -0.343 e. The summed E-state index contributed by atoms with van der Waals surface area (Å²) in [6, 6.07) is 8.43. The molecule has 0 radical (unpaired) electrons. The Bertz CT molecular complexity index is 585. The smallest absolute Gasteiger partial charge is 0.227 e. The molecule has 24 heavy (non-hydrogen) atoms. The van der Waals surface area contributed by atoms with Gasteiger partial charge in [0.15, 0.2) is 0 Å². The molecule has 5 nitrogen and oxygen atoms in total. The number of nitrogens with one attached hydrogen (secondary N) is 2. The number of para-hydroxylation sites is 1. The van der Waals surface area contributed by atoms with Crippen molar-refractivity contribution in [1.82, 2.24) is 10.2 Å². The number of rotatable bonds is 4. The molecule has 6 heteroatoms. The third-order valence-electron chi connectivity index (χ3n) is 5.07. The standard InChI is InChI=1S/C18H25N3O2.ClH/c1-19-15-8-10-21(11-9-15)17(22)7-6-14-12-13-4-2-3-5-16(13)20-18(14)23;/h2-5,14-15,19H,6-12H2,1H3,(H,20,23);1H. The zero-order chi connectivity index (χ0) is 16.2. The monoisotopic (exact) mass is 351 g/mol. The molecule has 1 fully saturated rings. The first kappa shape index (κ1) is 18.7. The van der Waals surface area contributed by atoms with E-state index in [9.17, 15) is 9.59 Å². The van der Waals surface area contributed by atoms with Crippen molar-refractivity contribution in [3.63, 3.8) is 0 Å². The summed E-state index contributed by atoms with van der Waals surface area (Å²) in [6.45, 7) is 1.65. The van der Waals surface area contributed by atoms with Gasteiger partial charge in [0.25, 0.3) is 0 Å². The van der Waals surface area contributed by atoms with Crippen molar-refractivity contribution in [1.29, 1.82) is 0 Å². The van der Waals surface area contributed by atoms with Crippen molar-refractivity contribution >= 4 is 29.9 Å². The van der Waals surface area contributed by atoms with E-state index in [1.54, 1.807) is 0 Å². The second kappa shape index (κ2) is 8.49. The van der Waals surface area contributed by atoms with Gasteiger partial charge in [0.05, 0.1) is 0 Å². The maximum absolute atomic E-state index is 12.4. The lowest BCUT2D eigenvalue weighted by Gasteiger charge is -2.32. The molecule has 1 saturated heterocycles. The summed E-state index contributed by atoms with van der Waals surface area (Å²) in [6.07, 6.45) is 3.85. The van der Waals surface area contributed by atoms with Crippen LogP contribution in [0, 0.1) is 5.92 Å². The first-order valence-corrected chi connectivity index (χ1v) is 8.51. The fourth-order valence-electron chi connectivity index (χ4n) is 3.52. The molecule has 0 aromatic heterocycles. The van der Waals surface area contributed by atoms with Gasteiger partial charge in [0.2, 0.25) is 11.8 Å². The molecule has 3 rings (SSSR count). The van der Waals surface area contributed by atoms with Gasteiger partial charge in [-0.3, -0.25) is 9.59 Å². The lowest BCUT2D eigenvalue weighted by atomic mass is 9.89. The summed E-state index contributed by atoms with van der Waals surface area (Å²) in [4.78, 5) is 26.5. The van der Waals surface area contributed by atoms with E-state index in [0.717, 1.165) is 38.0 Å². The van der Waals surface area contributed by atoms with Crippen molar-refractivity contribution in [3.8, 4) is 0 Å². The minimum absolute atomic E-state index is 0. The number of halogens is 1. The van der Waals surface area contributed by atoms with E-state index in [0.29, 0.717) is 18.9 Å². The highest BCUT2D eigenvalue weighted by molar-refractivity contribution is 5.96. The number of hydrogen-bond donors (Lipinski definition) is 2. The average Bonchev–Trinajstić information content (AvgIpc) is 2.59. The highest BCUT2D eigenvalue weighted by Crippen LogP contribution is 2.27. The normalized spacial score (nSPS) is 20.8. The summed E-state index contributed by atoms with van der Waals surface area (Å²) < 4.78 is 0. The highest BCUT2D eigenvalue weighted by atomic mass is 35.5. The van der Waals surface area contributed by atoms with Crippen LogP contribution >= 0.6 is 12.4 Å². The molecule has 1 aromatic carbocycles. The van der Waals surface area contributed by atoms with Gasteiger partial charge >= 0.3 is 0 Å². The Kier molecular flexibility index (Phi) is 6.63. The van der Waals surface area contributed by atoms with E-state index in [-0.39, 0.29) is 30.1 Å². The van der Waals surface area contributed by atoms with Gasteiger partial charge < -0.3 is 15.5 Å². The molecule has 0 saturated carbocycles. The highest BCUT2D eigenvalue weighted by Gasteiger charge is 2.28. The number of nitrogens with zero attached hydrogens (tertiary/aromatic N) is 1. The van der Waals surface area contributed by atoms with Crippen LogP contribution < -0.4 is 10.6 Å². The van der Waals surface area contributed by atoms with Crippen LogP contribution in [0.4, 0.5) is 5.69 Å². The van der Waals surface area contributed by atoms with Crippen molar-refractivity contribution < 1.29 is 9.59 Å². The van der Waals surface area contributed by atoms with Crippen LogP contribution in [0.3, 0.4) is 0 Å². The summed E-state index contributed by atoms with van der Waals surface area (Å²) >= 11 is 0. The zero-order valence-corrected chi connectivity index (χ0v) is 14.9. The Hall–Kier alpha value is -1.59. The Morgan fingerprint density at radius 1 is 1.29 bits per heavy atom. The topological polar surface area (TPSA) is 61.4 Å². The second-order valence-corrected chi connectivity index (χ2v) is 6.53. The van der Waals surface area contributed by atoms with Crippen LogP contribution in [0.25, 0.3) is 0 Å². The van der Waals surface area contributed by atoms with E-state index in [1.165, 1.54) is 5.56 Å². The Labute approximate surface area is 149 Å². The Morgan fingerprint density at radius 3 is 2.71 bits per heavy atom. The van der Waals surface area contributed by atoms with Crippen LogP contribution in [-0.4, -0.2) is 42.9 Å². The molecule has 0 aliphatic carbocycles. The Morgan fingerprint density at radius 2 is 2.00 bits per heavy atom. The van der Waals surface area contributed by atoms with Crippen molar-refractivity contribution in [2.45, 2.75) is 38.1 Å². The second-order valence-electron chi connectivity index (χ2n) is 6.53. The largest absolute Gasteiger partial charge is 0.343 e. The molecule has 0 spiro atoms. The molecule has 2 aliphatic rings. The van der Waals surface area contributed by atoms with Gasteiger partial charge in [-0.25, -0.2) is 0 Å². The minimum atomic E-state index is -0.0938. The summed E-state index contributed by atoms with van der Waals surface area (Å²) in [5.74, 6) is 0.139. The molecule has 2 aliphatic heterocycles. The SMILES string of the molecule is CNC1CCN(C(=O)CCC2Cc3ccccc3NC2=O)CC1.Cl. The molecule has 2 heterocycles. The van der Waals surface area contributed by atoms with Crippen molar-refractivity contribution in [2.24, 2.45) is 5.92 Å². The molecular formula is C18H26ClN3O2. The van der Waals surface area contributed by atoms with Crippen molar-refractivity contribution in [3.05, 3.63) is 29.8 Å². The van der Waals surface area contributed by atoms with Crippen LogP contribution in [0.2, 0.25) is 0 Å². The average molecular weight is 352 g/mol. The van der Waals surface area contributed by atoms with E-state index in [1.807, 2.05) is 36.2 Å². The first-order valence-electron chi connectivity index (χ1n) is 8.51. The number of piperidine rings is 1. The zero-order valence-electron chi connectivity index (χ0n) is 14.1. The fourth-order valence-corrected chi connectivity index (χ4v) is 3.52. The number of amides is 2. The van der Waals surface area contributed by atoms with Gasteiger partial charge in [-0.2, -0.15) is 0 Å². The molecule has 1 unspecified atom stereocenters. The molecule has 132 valence electrons. The number of benzene rings is 1. The summed E-state index contributed by atoms with van der Waals surface area (Å²) in [7, 11) is 1.97. The van der Waals surface area contributed by atoms with Crippen LogP contribution in [0.15, 0.2) is 24.3 Å². The maximum Gasteiger partial charge on any atom is 0.227 e. The van der Waals surface area contributed by atoms with Crippen LogP contribution in [0.5, 0.6) is 0 Å². The lowest BCUT2D eigenvalue weighted by molar-refractivity contribution is -0.132. The number of fused-ring (bicyclic) bond motifs is 1. The quantitative estimate of drug-likeness (QED) is 0.874. The number of likely N-dealkylation sites (tertiary alicyclic amines) is 1. The van der Waals surface area contributed by atoms with Gasteiger partial charge in [-0.05, 0) is 44.4 Å². The van der Waals surface area contributed by atoms with Crippen LogP contribution in [-0.2, 0) is 16.0 Å². The third-order valence-corrected chi connectivity index (χ3v) is 5.07. The van der Waals surface area contributed by atoms with Gasteiger partial charge in [-0.15, -0.1) is 12.4 Å². The van der Waals surface area contributed by atoms with Crippen molar-refractivity contribution in [2.75, 3.05) is 25.5 Å². The number of hydrogen-bond acceptors (Lipinski definition) is 3. The number of carbonyl (C=O) groups is 2. The number of anilines is 1. The van der Waals surface area contributed by atoms with Gasteiger partial charge in [0, 0.05) is 37.2 Å². The number of carbonyl (C=O) groups excluding carboxylic acids is 2. The first-order chi connectivity index (χ1) is 11.2. The predicted molar refractivity (Wildman–Crippen MR) is 97.4 cm³/mol. The maximum atomic E-state index is 12.4. The summed E-state index contributed by atoms with van der Waals surface area (Å²) in [5.41, 5.74) is 2.08. The molecular weight excluding hydrogens is 326 g/mol.